The van der Waals surface area contributed by atoms with Crippen LogP contribution in [0.2, 0.25) is 0 Å². The molecule has 0 saturated heterocycles. The molecule has 1 amide bonds. The first-order valence-electron chi connectivity index (χ1n) is 6.85. The summed E-state index contributed by atoms with van der Waals surface area (Å²) in [5, 5.41) is 8.74. The molecular weight excluding hydrogens is 252 g/mol. The van der Waals surface area contributed by atoms with Gasteiger partial charge in [0.15, 0.2) is 0 Å². The van der Waals surface area contributed by atoms with Crippen LogP contribution in [0.25, 0.3) is 0 Å². The summed E-state index contributed by atoms with van der Waals surface area (Å²) in [6, 6.07) is 1.69. The van der Waals surface area contributed by atoms with E-state index in [1.807, 2.05) is 0 Å². The third kappa shape index (κ3) is 5.02. The zero-order valence-corrected chi connectivity index (χ0v) is 12.4. The summed E-state index contributed by atoms with van der Waals surface area (Å²) in [4.78, 5) is 18.1. The molecule has 0 aliphatic carbocycles. The second-order valence-electron chi connectivity index (χ2n) is 5.11. The van der Waals surface area contributed by atoms with E-state index in [4.69, 9.17) is 5.11 Å². The highest BCUT2D eigenvalue weighted by molar-refractivity contribution is 5.96. The van der Waals surface area contributed by atoms with E-state index in [1.54, 1.807) is 30.4 Å². The van der Waals surface area contributed by atoms with Gasteiger partial charge in [-0.25, -0.2) is 0 Å². The molecule has 108 valence electrons. The van der Waals surface area contributed by atoms with Crippen LogP contribution in [0.5, 0.6) is 0 Å². The van der Waals surface area contributed by atoms with Gasteiger partial charge in [-0.2, -0.15) is 0 Å². The number of rotatable bonds is 5. The van der Waals surface area contributed by atoms with Crippen molar-refractivity contribution in [3.8, 4) is 11.8 Å². The van der Waals surface area contributed by atoms with Gasteiger partial charge in [-0.3, -0.25) is 9.78 Å². The molecule has 0 aromatic carbocycles. The van der Waals surface area contributed by atoms with E-state index in [-0.39, 0.29) is 12.5 Å². The fraction of sp³-hybridized carbons (Fsp3) is 0.500. The summed E-state index contributed by atoms with van der Waals surface area (Å²) in [5.74, 6) is 6.24. The van der Waals surface area contributed by atoms with Crippen LogP contribution in [0.3, 0.4) is 0 Å². The molecule has 1 aromatic rings. The summed E-state index contributed by atoms with van der Waals surface area (Å²) in [7, 11) is 1.80. The molecule has 20 heavy (non-hydrogen) atoms. The molecule has 0 unspecified atom stereocenters. The molecule has 1 N–H and O–H groups in total. The van der Waals surface area contributed by atoms with Crippen LogP contribution < -0.4 is 0 Å². The van der Waals surface area contributed by atoms with Gasteiger partial charge in [0.1, 0.15) is 0 Å². The van der Waals surface area contributed by atoms with Gasteiger partial charge >= 0.3 is 0 Å². The Morgan fingerprint density at radius 2 is 2.25 bits per heavy atom. The first kappa shape index (κ1) is 16.2. The van der Waals surface area contributed by atoms with Gasteiger partial charge in [0, 0.05) is 32.4 Å². The summed E-state index contributed by atoms with van der Waals surface area (Å²) in [5.41, 5.74) is 1.18. The third-order valence-electron chi connectivity index (χ3n) is 2.90. The fourth-order valence-electron chi connectivity index (χ4n) is 1.65. The lowest BCUT2D eigenvalue weighted by molar-refractivity contribution is 0.0789. The van der Waals surface area contributed by atoms with Crippen molar-refractivity contribution in [3.05, 3.63) is 29.6 Å². The maximum absolute atomic E-state index is 12.4. The molecule has 4 nitrogen and oxygen atoms in total. The van der Waals surface area contributed by atoms with Crippen LogP contribution in [0.15, 0.2) is 18.5 Å². The number of aliphatic hydroxyl groups excluding tert-OH is 1. The maximum atomic E-state index is 12.4. The number of aliphatic hydroxyl groups is 1. The normalized spacial score (nSPS) is 10.1. The molecule has 0 bridgehead atoms. The van der Waals surface area contributed by atoms with E-state index < -0.39 is 0 Å². The van der Waals surface area contributed by atoms with E-state index in [0.717, 1.165) is 13.0 Å². The van der Waals surface area contributed by atoms with Gasteiger partial charge in [0.25, 0.3) is 5.91 Å². The minimum Gasteiger partial charge on any atom is -0.395 e. The highest BCUT2D eigenvalue weighted by Gasteiger charge is 2.15. The SMILES string of the molecule is CC(C)CCN(C)C(=O)c1ccncc1C#CCCO. The molecule has 0 spiro atoms. The molecule has 0 aliphatic heterocycles. The van der Waals surface area contributed by atoms with Crippen LogP contribution in [0, 0.1) is 17.8 Å². The van der Waals surface area contributed by atoms with Gasteiger partial charge in [0.05, 0.1) is 17.7 Å². The predicted octanol–water partition coefficient (Wildman–Crippen LogP) is 1.93. The average Bonchev–Trinajstić information content (AvgIpc) is 2.44. The summed E-state index contributed by atoms with van der Waals surface area (Å²) >= 11 is 0. The van der Waals surface area contributed by atoms with E-state index in [9.17, 15) is 4.79 Å². The minimum atomic E-state index is -0.0404. The van der Waals surface area contributed by atoms with Crippen molar-refractivity contribution in [3.63, 3.8) is 0 Å². The van der Waals surface area contributed by atoms with Crippen LogP contribution in [0.1, 0.15) is 42.6 Å². The van der Waals surface area contributed by atoms with E-state index in [1.165, 1.54) is 0 Å². The number of carbonyl (C=O) groups is 1. The van der Waals surface area contributed by atoms with Gasteiger partial charge in [-0.15, -0.1) is 0 Å². The Bertz CT molecular complexity index is 501. The zero-order chi connectivity index (χ0) is 15.0. The van der Waals surface area contributed by atoms with Gasteiger partial charge in [0.2, 0.25) is 0 Å². The summed E-state index contributed by atoms with van der Waals surface area (Å²) in [6.45, 7) is 5.01. The van der Waals surface area contributed by atoms with Crippen molar-refractivity contribution in [1.29, 1.82) is 0 Å². The quantitative estimate of drug-likeness (QED) is 0.835. The Morgan fingerprint density at radius 1 is 1.50 bits per heavy atom. The second kappa shape index (κ2) is 8.34. The lowest BCUT2D eigenvalue weighted by Crippen LogP contribution is -2.29. The second-order valence-corrected chi connectivity index (χ2v) is 5.11. The first-order chi connectivity index (χ1) is 9.56. The third-order valence-corrected chi connectivity index (χ3v) is 2.90. The number of amides is 1. The Balaban J connectivity index is 2.85. The molecule has 0 saturated carbocycles. The van der Waals surface area contributed by atoms with Crippen molar-refractivity contribution in [2.75, 3.05) is 20.2 Å². The van der Waals surface area contributed by atoms with Crippen LogP contribution >= 0.6 is 0 Å². The predicted molar refractivity (Wildman–Crippen MR) is 79.2 cm³/mol. The number of aromatic nitrogens is 1. The van der Waals surface area contributed by atoms with Crippen LogP contribution in [-0.4, -0.2) is 41.1 Å². The van der Waals surface area contributed by atoms with Crippen LogP contribution in [-0.2, 0) is 0 Å². The number of hydrogen-bond donors (Lipinski definition) is 1. The Hall–Kier alpha value is -1.86. The van der Waals surface area contributed by atoms with Gasteiger partial charge < -0.3 is 10.0 Å². The number of nitrogens with zero attached hydrogens (tertiary/aromatic N) is 2. The van der Waals surface area contributed by atoms with Gasteiger partial charge in [-0.1, -0.05) is 25.7 Å². The molecule has 1 rings (SSSR count). The van der Waals surface area contributed by atoms with Crippen molar-refractivity contribution < 1.29 is 9.90 Å². The molecule has 0 radical (unpaired) electrons. The minimum absolute atomic E-state index is 0.0187. The molecule has 1 heterocycles. The Morgan fingerprint density at radius 3 is 2.90 bits per heavy atom. The molecule has 4 heteroatoms. The zero-order valence-electron chi connectivity index (χ0n) is 12.4. The largest absolute Gasteiger partial charge is 0.395 e. The van der Waals surface area contributed by atoms with Crippen molar-refractivity contribution in [2.45, 2.75) is 26.7 Å². The number of carbonyl (C=O) groups excluding carboxylic acids is 1. The summed E-state index contributed by atoms with van der Waals surface area (Å²) < 4.78 is 0. The molecule has 0 aliphatic rings. The fourth-order valence-corrected chi connectivity index (χ4v) is 1.65. The molecule has 0 atom stereocenters. The average molecular weight is 274 g/mol. The topological polar surface area (TPSA) is 53.4 Å². The monoisotopic (exact) mass is 274 g/mol. The van der Waals surface area contributed by atoms with Crippen molar-refractivity contribution in [1.82, 2.24) is 9.88 Å². The molecule has 0 fully saturated rings. The van der Waals surface area contributed by atoms with E-state index in [0.29, 0.717) is 23.5 Å². The Kier molecular flexibility index (Phi) is 6.75. The van der Waals surface area contributed by atoms with Crippen molar-refractivity contribution >= 4 is 5.91 Å². The van der Waals surface area contributed by atoms with E-state index >= 15 is 0 Å². The highest BCUT2D eigenvalue weighted by Crippen LogP contribution is 2.10. The van der Waals surface area contributed by atoms with Crippen LogP contribution in [0.4, 0.5) is 0 Å². The van der Waals surface area contributed by atoms with E-state index in [2.05, 4.69) is 30.7 Å². The number of hydrogen-bond acceptors (Lipinski definition) is 3. The lowest BCUT2D eigenvalue weighted by atomic mass is 10.1. The van der Waals surface area contributed by atoms with Gasteiger partial charge in [-0.05, 0) is 18.4 Å². The molecular formula is C16H22N2O2. The maximum Gasteiger partial charge on any atom is 0.254 e. The Labute approximate surface area is 120 Å². The highest BCUT2D eigenvalue weighted by atomic mass is 16.2. The first-order valence-corrected chi connectivity index (χ1v) is 6.85. The smallest absolute Gasteiger partial charge is 0.254 e. The van der Waals surface area contributed by atoms with Crippen molar-refractivity contribution in [2.24, 2.45) is 5.92 Å². The molecule has 1 aromatic heterocycles. The summed E-state index contributed by atoms with van der Waals surface area (Å²) in [6.07, 6.45) is 4.55. The lowest BCUT2D eigenvalue weighted by Gasteiger charge is -2.18. The standard InChI is InChI=1S/C16H22N2O2/c1-13(2)8-10-18(3)16(20)15-7-9-17-12-14(15)6-4-5-11-19/h7,9,12-13,19H,5,8,10-11H2,1-3H3. The number of pyridine rings is 1.